The average molecular weight is 381 g/mol. The third-order valence-corrected chi connectivity index (χ3v) is 5.21. The number of rotatable bonds is 7. The van der Waals surface area contributed by atoms with Gasteiger partial charge in [-0.1, -0.05) is 35.9 Å². The maximum absolute atomic E-state index is 12.1. The minimum Gasteiger partial charge on any atom is -0.354 e. The standard InChI is InChI=1S/C18H21ClN2O3S/c1-14-5-3-4-6-15(14)13-18(22)20-11-12-21(25(2,23)24)17-9-7-16(19)8-10-17/h3-10H,11-13H2,1-2H3,(H,20,22). The van der Waals surface area contributed by atoms with Crippen LogP contribution in [0.5, 0.6) is 0 Å². The number of amides is 1. The number of hydrogen-bond acceptors (Lipinski definition) is 3. The molecule has 1 N–H and O–H groups in total. The number of sulfonamides is 1. The average Bonchev–Trinajstić information content (AvgIpc) is 2.54. The number of halogens is 1. The Morgan fingerprint density at radius 3 is 2.36 bits per heavy atom. The SMILES string of the molecule is Cc1ccccc1CC(=O)NCCN(c1ccc(Cl)cc1)S(C)(=O)=O. The summed E-state index contributed by atoms with van der Waals surface area (Å²) in [6.45, 7) is 2.33. The Morgan fingerprint density at radius 1 is 1.12 bits per heavy atom. The van der Waals surface area contributed by atoms with E-state index in [4.69, 9.17) is 11.6 Å². The molecule has 5 nitrogen and oxygen atoms in total. The summed E-state index contributed by atoms with van der Waals surface area (Å²) in [5.74, 6) is -0.140. The van der Waals surface area contributed by atoms with E-state index in [9.17, 15) is 13.2 Å². The van der Waals surface area contributed by atoms with E-state index >= 15 is 0 Å². The van der Waals surface area contributed by atoms with Crippen molar-refractivity contribution in [1.29, 1.82) is 0 Å². The summed E-state index contributed by atoms with van der Waals surface area (Å²) in [7, 11) is -3.46. The van der Waals surface area contributed by atoms with Gasteiger partial charge < -0.3 is 5.32 Å². The summed E-state index contributed by atoms with van der Waals surface area (Å²) in [6.07, 6.45) is 1.41. The van der Waals surface area contributed by atoms with Gasteiger partial charge in [-0.3, -0.25) is 9.10 Å². The minimum absolute atomic E-state index is 0.140. The molecule has 2 aromatic carbocycles. The molecule has 25 heavy (non-hydrogen) atoms. The Kier molecular flexibility index (Phi) is 6.45. The molecule has 0 aromatic heterocycles. The summed E-state index contributed by atoms with van der Waals surface area (Å²) in [4.78, 5) is 12.1. The van der Waals surface area contributed by atoms with Crippen LogP contribution in [0.25, 0.3) is 0 Å². The van der Waals surface area contributed by atoms with Gasteiger partial charge in [0.2, 0.25) is 15.9 Å². The van der Waals surface area contributed by atoms with E-state index in [1.807, 2.05) is 31.2 Å². The second kappa shape index (κ2) is 8.36. The van der Waals surface area contributed by atoms with E-state index in [2.05, 4.69) is 5.32 Å². The number of carbonyl (C=O) groups excluding carboxylic acids is 1. The second-order valence-corrected chi connectivity index (χ2v) is 8.11. The molecule has 0 aliphatic heterocycles. The Labute approximate surface area is 153 Å². The lowest BCUT2D eigenvalue weighted by Crippen LogP contribution is -2.38. The number of nitrogens with one attached hydrogen (secondary N) is 1. The summed E-state index contributed by atoms with van der Waals surface area (Å²) in [5, 5.41) is 3.30. The molecule has 0 fully saturated rings. The van der Waals surface area contributed by atoms with E-state index in [0.717, 1.165) is 17.4 Å². The smallest absolute Gasteiger partial charge is 0.232 e. The third-order valence-electron chi connectivity index (χ3n) is 3.76. The number of anilines is 1. The van der Waals surface area contributed by atoms with E-state index in [-0.39, 0.29) is 25.4 Å². The topological polar surface area (TPSA) is 66.5 Å². The molecule has 0 bridgehead atoms. The molecule has 2 aromatic rings. The lowest BCUT2D eigenvalue weighted by atomic mass is 10.1. The van der Waals surface area contributed by atoms with E-state index in [1.54, 1.807) is 24.3 Å². The molecule has 0 unspecified atom stereocenters. The Hall–Kier alpha value is -2.05. The molecule has 0 radical (unpaired) electrons. The number of benzene rings is 2. The van der Waals surface area contributed by atoms with Crippen molar-refractivity contribution < 1.29 is 13.2 Å². The molecule has 0 saturated heterocycles. The van der Waals surface area contributed by atoms with Gasteiger partial charge in [-0.05, 0) is 42.3 Å². The predicted octanol–water partition coefficient (Wildman–Crippen LogP) is 2.77. The van der Waals surface area contributed by atoms with Crippen LogP contribution in [-0.4, -0.2) is 33.7 Å². The van der Waals surface area contributed by atoms with Crippen molar-refractivity contribution >= 4 is 33.2 Å². The third kappa shape index (κ3) is 5.76. The van der Waals surface area contributed by atoms with Crippen LogP contribution in [0.4, 0.5) is 5.69 Å². The highest BCUT2D eigenvalue weighted by molar-refractivity contribution is 7.92. The monoisotopic (exact) mass is 380 g/mol. The van der Waals surface area contributed by atoms with Gasteiger partial charge in [0.25, 0.3) is 0 Å². The summed E-state index contributed by atoms with van der Waals surface area (Å²) >= 11 is 5.84. The molecule has 7 heteroatoms. The van der Waals surface area contributed by atoms with Gasteiger partial charge >= 0.3 is 0 Å². The van der Waals surface area contributed by atoms with Crippen molar-refractivity contribution in [3.8, 4) is 0 Å². The van der Waals surface area contributed by atoms with Gasteiger partial charge in [0.05, 0.1) is 24.9 Å². The Bertz CT molecular complexity index is 836. The fourth-order valence-electron chi connectivity index (χ4n) is 2.43. The first kappa shape index (κ1) is 19.3. The fourth-order valence-corrected chi connectivity index (χ4v) is 3.49. The van der Waals surface area contributed by atoms with Crippen LogP contribution >= 0.6 is 11.6 Å². The van der Waals surface area contributed by atoms with Crippen LogP contribution in [0.15, 0.2) is 48.5 Å². The molecule has 134 valence electrons. The van der Waals surface area contributed by atoms with Crippen molar-refractivity contribution in [2.75, 3.05) is 23.7 Å². The van der Waals surface area contributed by atoms with Gasteiger partial charge in [0.15, 0.2) is 0 Å². The van der Waals surface area contributed by atoms with Gasteiger partial charge in [-0.25, -0.2) is 8.42 Å². The van der Waals surface area contributed by atoms with Crippen molar-refractivity contribution in [2.45, 2.75) is 13.3 Å². The van der Waals surface area contributed by atoms with Crippen LogP contribution in [-0.2, 0) is 21.2 Å². The number of aryl methyl sites for hydroxylation is 1. The first-order valence-corrected chi connectivity index (χ1v) is 10.0. The van der Waals surface area contributed by atoms with Crippen molar-refractivity contribution in [3.63, 3.8) is 0 Å². The van der Waals surface area contributed by atoms with Gasteiger partial charge in [0.1, 0.15) is 0 Å². The lowest BCUT2D eigenvalue weighted by Gasteiger charge is -2.22. The van der Waals surface area contributed by atoms with E-state index < -0.39 is 10.0 Å². The van der Waals surface area contributed by atoms with E-state index in [0.29, 0.717) is 10.7 Å². The van der Waals surface area contributed by atoms with Gasteiger partial charge in [0, 0.05) is 11.6 Å². The zero-order valence-corrected chi connectivity index (χ0v) is 15.8. The van der Waals surface area contributed by atoms with Crippen molar-refractivity contribution in [1.82, 2.24) is 5.32 Å². The Morgan fingerprint density at radius 2 is 1.76 bits per heavy atom. The quantitative estimate of drug-likeness (QED) is 0.803. The molecule has 0 spiro atoms. The molecular weight excluding hydrogens is 360 g/mol. The molecule has 0 atom stereocenters. The van der Waals surface area contributed by atoms with Gasteiger partial charge in [-0.15, -0.1) is 0 Å². The first-order chi connectivity index (χ1) is 11.8. The molecule has 0 saturated carbocycles. The maximum Gasteiger partial charge on any atom is 0.232 e. The highest BCUT2D eigenvalue weighted by Crippen LogP contribution is 2.19. The molecule has 0 aliphatic rings. The number of hydrogen-bond donors (Lipinski definition) is 1. The van der Waals surface area contributed by atoms with Crippen LogP contribution in [0, 0.1) is 6.92 Å². The number of carbonyl (C=O) groups is 1. The predicted molar refractivity (Wildman–Crippen MR) is 102 cm³/mol. The summed E-state index contributed by atoms with van der Waals surface area (Å²) in [6, 6.07) is 14.2. The van der Waals surface area contributed by atoms with Gasteiger partial charge in [-0.2, -0.15) is 0 Å². The zero-order valence-electron chi connectivity index (χ0n) is 14.2. The summed E-state index contributed by atoms with van der Waals surface area (Å²) < 4.78 is 25.3. The molecule has 0 heterocycles. The summed E-state index contributed by atoms with van der Waals surface area (Å²) in [5.41, 5.74) is 2.52. The van der Waals surface area contributed by atoms with Crippen molar-refractivity contribution in [3.05, 3.63) is 64.7 Å². The largest absolute Gasteiger partial charge is 0.354 e. The van der Waals surface area contributed by atoms with Crippen LogP contribution in [0.2, 0.25) is 5.02 Å². The minimum atomic E-state index is -3.46. The Balaban J connectivity index is 1.96. The first-order valence-electron chi connectivity index (χ1n) is 7.82. The lowest BCUT2D eigenvalue weighted by molar-refractivity contribution is -0.120. The highest BCUT2D eigenvalue weighted by Gasteiger charge is 2.17. The molecule has 2 rings (SSSR count). The van der Waals surface area contributed by atoms with Crippen LogP contribution < -0.4 is 9.62 Å². The van der Waals surface area contributed by atoms with Crippen LogP contribution in [0.3, 0.4) is 0 Å². The fraction of sp³-hybridized carbons (Fsp3) is 0.278. The van der Waals surface area contributed by atoms with E-state index in [1.165, 1.54) is 4.31 Å². The molecule has 0 aliphatic carbocycles. The molecular formula is C18H21ClN2O3S. The normalized spacial score (nSPS) is 11.2. The van der Waals surface area contributed by atoms with Crippen molar-refractivity contribution in [2.24, 2.45) is 0 Å². The van der Waals surface area contributed by atoms with Crippen LogP contribution in [0.1, 0.15) is 11.1 Å². The second-order valence-electron chi connectivity index (χ2n) is 5.76. The zero-order chi connectivity index (χ0) is 18.4. The number of nitrogens with zero attached hydrogens (tertiary/aromatic N) is 1. The molecule has 1 amide bonds. The maximum atomic E-state index is 12.1. The highest BCUT2D eigenvalue weighted by atomic mass is 35.5.